The maximum Gasteiger partial charge on any atom is 0.338 e. The van der Waals surface area contributed by atoms with Gasteiger partial charge < -0.3 is 10.2 Å². The number of fused-ring (bicyclic) bond motifs is 1. The standard InChI is InChI=1S/C23H15ClN4O12S3/c24-17-10-15(42(35,36)37)7-11-8-19(43(38,39)40)21(22(29)20(11)17)28-27-18-6-3-13(9-16(18)23(30)31)26-25-12-1-4-14(5-2-12)41(32,33)34/h1-10,29H,(H,30,31)(H,32,33,34)(H,35,36,37)(H,38,39,40). The number of phenols is 1. The van der Waals surface area contributed by atoms with Gasteiger partial charge in [-0.05, 0) is 66.0 Å². The van der Waals surface area contributed by atoms with Gasteiger partial charge in [0.25, 0.3) is 30.4 Å². The van der Waals surface area contributed by atoms with Gasteiger partial charge in [0.05, 0.1) is 31.8 Å². The molecule has 4 aromatic carbocycles. The summed E-state index contributed by atoms with van der Waals surface area (Å²) in [6, 6.07) is 10.2. The van der Waals surface area contributed by atoms with Gasteiger partial charge in [-0.3, -0.25) is 13.7 Å². The summed E-state index contributed by atoms with van der Waals surface area (Å²) in [5.74, 6) is -2.50. The monoisotopic (exact) mass is 670 g/mol. The zero-order valence-electron chi connectivity index (χ0n) is 20.8. The fraction of sp³-hybridized carbons (Fsp3) is 0. The van der Waals surface area contributed by atoms with Gasteiger partial charge in [-0.1, -0.05) is 11.6 Å². The molecule has 0 spiro atoms. The summed E-state index contributed by atoms with van der Waals surface area (Å²) < 4.78 is 97.6. The van der Waals surface area contributed by atoms with Gasteiger partial charge in [-0.15, -0.1) is 10.2 Å². The van der Waals surface area contributed by atoms with Gasteiger partial charge in [0.1, 0.15) is 16.3 Å². The molecule has 4 rings (SSSR count). The van der Waals surface area contributed by atoms with Crippen molar-refractivity contribution < 1.29 is 53.9 Å². The summed E-state index contributed by atoms with van der Waals surface area (Å²) in [4.78, 5) is 9.72. The molecular formula is C23H15ClN4O12S3. The molecule has 0 heterocycles. The number of azo groups is 2. The third kappa shape index (κ3) is 7.00. The van der Waals surface area contributed by atoms with E-state index >= 15 is 0 Å². The lowest BCUT2D eigenvalue weighted by Crippen LogP contribution is -2.01. The molecule has 0 saturated carbocycles. The third-order valence-electron chi connectivity index (χ3n) is 5.53. The Balaban J connectivity index is 1.78. The van der Waals surface area contributed by atoms with E-state index in [9.17, 15) is 49.4 Å². The molecule has 0 aliphatic carbocycles. The van der Waals surface area contributed by atoms with Gasteiger partial charge in [0.2, 0.25) is 0 Å². The molecule has 0 fully saturated rings. The van der Waals surface area contributed by atoms with Crippen molar-refractivity contribution in [3.8, 4) is 5.75 Å². The molecule has 0 bridgehead atoms. The summed E-state index contributed by atoms with van der Waals surface area (Å²) in [5.41, 5.74) is -1.60. The second-order valence-electron chi connectivity index (χ2n) is 8.40. The van der Waals surface area contributed by atoms with Crippen molar-refractivity contribution in [1.82, 2.24) is 0 Å². The second-order valence-corrected chi connectivity index (χ2v) is 13.0. The van der Waals surface area contributed by atoms with Crippen LogP contribution in [0.1, 0.15) is 10.4 Å². The quantitative estimate of drug-likeness (QED) is 0.115. The molecule has 0 aromatic heterocycles. The number of carboxylic acids is 1. The number of nitrogens with zero attached hydrogens (tertiary/aromatic N) is 4. The number of aromatic carboxylic acids is 1. The van der Waals surface area contributed by atoms with E-state index in [1.807, 2.05) is 0 Å². The molecule has 0 radical (unpaired) electrons. The van der Waals surface area contributed by atoms with Crippen molar-refractivity contribution in [3.05, 3.63) is 71.2 Å². The van der Waals surface area contributed by atoms with Crippen molar-refractivity contribution in [1.29, 1.82) is 0 Å². The average molecular weight is 671 g/mol. The molecule has 5 N–H and O–H groups in total. The van der Waals surface area contributed by atoms with Crippen LogP contribution in [0.4, 0.5) is 22.7 Å². The Morgan fingerprint density at radius 2 is 1.26 bits per heavy atom. The molecule has 16 nitrogen and oxygen atoms in total. The van der Waals surface area contributed by atoms with E-state index in [1.54, 1.807) is 0 Å². The first-order chi connectivity index (χ1) is 19.9. The Morgan fingerprint density at radius 3 is 1.81 bits per heavy atom. The molecule has 4 aromatic rings. The van der Waals surface area contributed by atoms with E-state index in [0.29, 0.717) is 6.07 Å². The Kier molecular flexibility index (Phi) is 8.35. The minimum Gasteiger partial charge on any atom is -0.505 e. The Bertz CT molecular complexity index is 2200. The van der Waals surface area contributed by atoms with Crippen LogP contribution >= 0.6 is 11.6 Å². The van der Waals surface area contributed by atoms with E-state index in [1.165, 1.54) is 18.2 Å². The van der Waals surface area contributed by atoms with Crippen LogP contribution in [0.25, 0.3) is 10.8 Å². The first-order valence-electron chi connectivity index (χ1n) is 11.1. The lowest BCUT2D eigenvalue weighted by molar-refractivity contribution is 0.0697. The number of aromatic hydroxyl groups is 1. The van der Waals surface area contributed by atoms with Gasteiger partial charge in [0, 0.05) is 5.39 Å². The van der Waals surface area contributed by atoms with Crippen LogP contribution in [0.2, 0.25) is 5.02 Å². The lowest BCUT2D eigenvalue weighted by atomic mass is 10.1. The minimum absolute atomic E-state index is 0.0104. The van der Waals surface area contributed by atoms with E-state index in [4.69, 9.17) is 16.2 Å². The predicted molar refractivity (Wildman–Crippen MR) is 148 cm³/mol. The van der Waals surface area contributed by atoms with Crippen molar-refractivity contribution >= 4 is 81.4 Å². The molecule has 0 aliphatic heterocycles. The highest BCUT2D eigenvalue weighted by molar-refractivity contribution is 7.86. The van der Waals surface area contributed by atoms with E-state index < -0.39 is 68.1 Å². The third-order valence-corrected chi connectivity index (χ3v) is 8.40. The fourth-order valence-electron chi connectivity index (χ4n) is 3.60. The maximum absolute atomic E-state index is 12.1. The number of hydrogen-bond acceptors (Lipinski definition) is 12. The first-order valence-corrected chi connectivity index (χ1v) is 15.8. The maximum atomic E-state index is 12.1. The molecule has 0 amide bonds. The Morgan fingerprint density at radius 1 is 0.674 bits per heavy atom. The SMILES string of the molecule is O=C(O)c1cc(N=Nc2ccc(S(=O)(=O)O)cc2)ccc1N=Nc1c(S(=O)(=O)O)cc2cc(S(=O)(=O)O)cc(Cl)c2c1O. The summed E-state index contributed by atoms with van der Waals surface area (Å²) in [6.45, 7) is 0. The van der Waals surface area contributed by atoms with E-state index in [2.05, 4.69) is 20.5 Å². The topological polar surface area (TPSA) is 270 Å². The first kappa shape index (κ1) is 31.6. The summed E-state index contributed by atoms with van der Waals surface area (Å²) in [6.07, 6.45) is 0. The van der Waals surface area contributed by atoms with Crippen LogP contribution in [0, 0.1) is 0 Å². The van der Waals surface area contributed by atoms with E-state index in [-0.39, 0.29) is 32.7 Å². The molecule has 0 unspecified atom stereocenters. The molecule has 43 heavy (non-hydrogen) atoms. The highest BCUT2D eigenvalue weighted by Crippen LogP contribution is 2.45. The fourth-order valence-corrected chi connectivity index (χ4v) is 5.66. The number of phenolic OH excluding ortho intramolecular Hbond substituents is 1. The Hall–Kier alpha value is -4.37. The normalized spacial score (nSPS) is 12.8. The molecule has 0 aliphatic rings. The number of rotatable bonds is 8. The summed E-state index contributed by atoms with van der Waals surface area (Å²) in [7, 11) is -14.4. The average Bonchev–Trinajstić information content (AvgIpc) is 2.89. The van der Waals surface area contributed by atoms with Crippen molar-refractivity contribution in [2.45, 2.75) is 14.7 Å². The number of hydrogen-bond donors (Lipinski definition) is 5. The van der Waals surface area contributed by atoms with Crippen LogP contribution in [-0.4, -0.2) is 55.1 Å². The zero-order chi connectivity index (χ0) is 31.9. The highest BCUT2D eigenvalue weighted by Gasteiger charge is 2.25. The van der Waals surface area contributed by atoms with Crippen LogP contribution < -0.4 is 0 Å². The minimum atomic E-state index is -5.15. The van der Waals surface area contributed by atoms with Crippen molar-refractivity contribution in [3.63, 3.8) is 0 Å². The summed E-state index contributed by atoms with van der Waals surface area (Å²) >= 11 is 6.06. The number of benzene rings is 4. The molecule has 0 saturated heterocycles. The molecule has 0 atom stereocenters. The van der Waals surface area contributed by atoms with Gasteiger partial charge >= 0.3 is 5.97 Å². The Labute approximate surface area is 246 Å². The molecular weight excluding hydrogens is 656 g/mol. The predicted octanol–water partition coefficient (Wildman–Crippen LogP) is 5.47. The number of carbonyl (C=O) groups is 1. The van der Waals surface area contributed by atoms with Crippen LogP contribution in [0.3, 0.4) is 0 Å². The van der Waals surface area contributed by atoms with Crippen LogP contribution in [-0.2, 0) is 30.4 Å². The van der Waals surface area contributed by atoms with E-state index in [0.717, 1.165) is 36.4 Å². The van der Waals surface area contributed by atoms with Crippen molar-refractivity contribution in [2.24, 2.45) is 20.5 Å². The lowest BCUT2D eigenvalue weighted by Gasteiger charge is -2.11. The second kappa shape index (κ2) is 11.4. The van der Waals surface area contributed by atoms with Crippen LogP contribution in [0.5, 0.6) is 5.75 Å². The summed E-state index contributed by atoms with van der Waals surface area (Å²) in [5, 5.41) is 34.4. The van der Waals surface area contributed by atoms with Gasteiger partial charge in [-0.2, -0.15) is 35.5 Å². The van der Waals surface area contributed by atoms with Crippen molar-refractivity contribution in [2.75, 3.05) is 0 Å². The smallest absolute Gasteiger partial charge is 0.338 e. The largest absolute Gasteiger partial charge is 0.505 e. The zero-order valence-corrected chi connectivity index (χ0v) is 24.0. The molecule has 224 valence electrons. The molecule has 20 heteroatoms. The number of carboxylic acid groups (broad SMARTS) is 1. The van der Waals surface area contributed by atoms with Gasteiger partial charge in [0.15, 0.2) is 5.75 Å². The number of halogens is 1. The van der Waals surface area contributed by atoms with Gasteiger partial charge in [-0.25, -0.2) is 4.79 Å². The highest BCUT2D eigenvalue weighted by atomic mass is 35.5. The van der Waals surface area contributed by atoms with Crippen LogP contribution in [0.15, 0.2) is 95.8 Å².